The van der Waals surface area contributed by atoms with Crippen LogP contribution < -0.4 is 0 Å². The van der Waals surface area contributed by atoms with Gasteiger partial charge in [0.1, 0.15) is 0 Å². The number of carbonyl (C=O) groups is 1. The molecule has 1 aromatic rings. The number of hydrogen-bond acceptors (Lipinski definition) is 2. The molecule has 1 saturated carbocycles. The Morgan fingerprint density at radius 3 is 2.57 bits per heavy atom. The van der Waals surface area contributed by atoms with Gasteiger partial charge < -0.3 is 5.11 Å². The van der Waals surface area contributed by atoms with Crippen molar-refractivity contribution in [3.63, 3.8) is 0 Å². The van der Waals surface area contributed by atoms with E-state index in [0.29, 0.717) is 5.92 Å². The molecule has 1 aromatic carbocycles. The van der Waals surface area contributed by atoms with Crippen LogP contribution >= 0.6 is 0 Å². The van der Waals surface area contributed by atoms with Crippen LogP contribution in [-0.4, -0.2) is 35.1 Å². The first-order chi connectivity index (χ1) is 10.3. The molecule has 21 heavy (non-hydrogen) atoms. The van der Waals surface area contributed by atoms with Crippen LogP contribution in [0.4, 0.5) is 0 Å². The lowest BCUT2D eigenvalue weighted by molar-refractivity contribution is -0.144. The summed E-state index contributed by atoms with van der Waals surface area (Å²) in [5.41, 5.74) is 1.40. The minimum atomic E-state index is -0.593. The van der Waals surface area contributed by atoms with Crippen molar-refractivity contribution in [2.24, 2.45) is 5.92 Å². The minimum Gasteiger partial charge on any atom is -0.481 e. The smallest absolute Gasteiger partial charge is 0.308 e. The summed E-state index contributed by atoms with van der Waals surface area (Å²) in [7, 11) is 0. The fraction of sp³-hybridized carbons (Fsp3) is 0.611. The van der Waals surface area contributed by atoms with Crippen LogP contribution in [0.2, 0.25) is 0 Å². The second kappa shape index (κ2) is 6.61. The van der Waals surface area contributed by atoms with Gasteiger partial charge in [-0.15, -0.1) is 0 Å². The molecule has 0 amide bonds. The predicted molar refractivity (Wildman–Crippen MR) is 83.4 cm³/mol. The van der Waals surface area contributed by atoms with Gasteiger partial charge in [0.2, 0.25) is 0 Å². The summed E-state index contributed by atoms with van der Waals surface area (Å²) in [5, 5.41) is 9.55. The predicted octanol–water partition coefficient (Wildman–Crippen LogP) is 3.51. The number of benzene rings is 1. The molecular weight excluding hydrogens is 262 g/mol. The van der Waals surface area contributed by atoms with Gasteiger partial charge in [0.05, 0.1) is 5.92 Å². The summed E-state index contributed by atoms with van der Waals surface area (Å²) >= 11 is 0. The molecule has 3 nitrogen and oxygen atoms in total. The van der Waals surface area contributed by atoms with E-state index in [1.807, 2.05) is 0 Å². The van der Waals surface area contributed by atoms with Crippen molar-refractivity contribution in [2.45, 2.75) is 50.5 Å². The minimum absolute atomic E-state index is 0.165. The molecule has 1 aliphatic carbocycles. The fourth-order valence-corrected chi connectivity index (χ4v) is 4.10. The van der Waals surface area contributed by atoms with Crippen molar-refractivity contribution in [2.75, 3.05) is 13.1 Å². The van der Waals surface area contributed by atoms with E-state index in [-0.39, 0.29) is 12.0 Å². The van der Waals surface area contributed by atoms with E-state index in [1.54, 1.807) is 0 Å². The van der Waals surface area contributed by atoms with Crippen molar-refractivity contribution in [3.05, 3.63) is 35.9 Å². The average molecular weight is 287 g/mol. The first-order valence-corrected chi connectivity index (χ1v) is 8.27. The highest BCUT2D eigenvalue weighted by Gasteiger charge is 2.37. The number of likely N-dealkylation sites (tertiary alicyclic amines) is 1. The van der Waals surface area contributed by atoms with E-state index in [9.17, 15) is 9.90 Å². The molecule has 0 bridgehead atoms. The molecule has 3 heteroatoms. The quantitative estimate of drug-likeness (QED) is 0.865. The molecular formula is C18H25NO2. The monoisotopic (exact) mass is 287 g/mol. The Balaban J connectivity index is 1.70. The van der Waals surface area contributed by atoms with Crippen LogP contribution in [0.5, 0.6) is 0 Å². The third-order valence-corrected chi connectivity index (χ3v) is 5.26. The Morgan fingerprint density at radius 1 is 1.05 bits per heavy atom. The normalized spacial score (nSPS) is 31.0. The van der Waals surface area contributed by atoms with Gasteiger partial charge in [-0.3, -0.25) is 9.69 Å². The Morgan fingerprint density at radius 2 is 1.81 bits per heavy atom. The molecule has 3 rings (SSSR count). The Hall–Kier alpha value is -1.35. The number of carboxylic acids is 1. The van der Waals surface area contributed by atoms with E-state index in [1.165, 1.54) is 18.4 Å². The first-order valence-electron chi connectivity index (χ1n) is 8.27. The van der Waals surface area contributed by atoms with Crippen molar-refractivity contribution >= 4 is 5.97 Å². The van der Waals surface area contributed by atoms with Gasteiger partial charge in [-0.1, -0.05) is 49.6 Å². The van der Waals surface area contributed by atoms with Crippen molar-refractivity contribution in [3.8, 4) is 0 Å². The molecule has 114 valence electrons. The van der Waals surface area contributed by atoms with Gasteiger partial charge in [0, 0.05) is 12.6 Å². The lowest BCUT2D eigenvalue weighted by Gasteiger charge is -2.31. The molecule has 1 N–H and O–H groups in total. The average Bonchev–Trinajstić information content (AvgIpc) is 2.85. The summed E-state index contributed by atoms with van der Waals surface area (Å²) in [6.07, 6.45) is 6.51. The Labute approximate surface area is 127 Å². The third kappa shape index (κ3) is 3.29. The van der Waals surface area contributed by atoms with Crippen LogP contribution in [0.1, 0.15) is 50.0 Å². The highest BCUT2D eigenvalue weighted by Crippen LogP contribution is 2.34. The van der Waals surface area contributed by atoms with Gasteiger partial charge >= 0.3 is 5.97 Å². The highest BCUT2D eigenvalue weighted by atomic mass is 16.4. The van der Waals surface area contributed by atoms with Gasteiger partial charge in [-0.25, -0.2) is 0 Å². The largest absolute Gasteiger partial charge is 0.481 e. The molecule has 0 radical (unpaired) electrons. The van der Waals surface area contributed by atoms with E-state index < -0.39 is 5.97 Å². The van der Waals surface area contributed by atoms with Gasteiger partial charge in [-0.2, -0.15) is 0 Å². The van der Waals surface area contributed by atoms with Crippen LogP contribution in [-0.2, 0) is 4.79 Å². The van der Waals surface area contributed by atoms with Crippen molar-refractivity contribution < 1.29 is 9.90 Å². The van der Waals surface area contributed by atoms with E-state index in [0.717, 1.165) is 38.8 Å². The summed E-state index contributed by atoms with van der Waals surface area (Å²) < 4.78 is 0. The molecule has 0 aromatic heterocycles. The summed E-state index contributed by atoms with van der Waals surface area (Å²) in [6.45, 7) is 2.08. The number of rotatable bonds is 3. The maximum absolute atomic E-state index is 11.6. The third-order valence-electron chi connectivity index (χ3n) is 5.26. The molecule has 1 aliphatic heterocycles. The van der Waals surface area contributed by atoms with Gasteiger partial charge in [-0.05, 0) is 37.3 Å². The molecule has 3 atom stereocenters. The van der Waals surface area contributed by atoms with E-state index in [2.05, 4.69) is 35.2 Å². The SMILES string of the molecule is O=C(O)C1CCCCCC1N1CCC(c2ccccc2)C1. The second-order valence-electron chi connectivity index (χ2n) is 6.54. The molecule has 0 spiro atoms. The zero-order valence-corrected chi connectivity index (χ0v) is 12.6. The van der Waals surface area contributed by atoms with E-state index in [4.69, 9.17) is 0 Å². The van der Waals surface area contributed by atoms with Crippen molar-refractivity contribution in [1.82, 2.24) is 4.90 Å². The van der Waals surface area contributed by atoms with E-state index >= 15 is 0 Å². The van der Waals surface area contributed by atoms with Crippen LogP contribution in [0.15, 0.2) is 30.3 Å². The highest BCUT2D eigenvalue weighted by molar-refractivity contribution is 5.71. The Kier molecular flexibility index (Phi) is 4.59. The maximum Gasteiger partial charge on any atom is 0.308 e. The van der Waals surface area contributed by atoms with Crippen molar-refractivity contribution in [1.29, 1.82) is 0 Å². The maximum atomic E-state index is 11.6. The lowest BCUT2D eigenvalue weighted by Crippen LogP contribution is -2.41. The fourth-order valence-electron chi connectivity index (χ4n) is 4.10. The molecule has 2 aliphatic rings. The topological polar surface area (TPSA) is 40.5 Å². The molecule has 3 unspecified atom stereocenters. The molecule has 1 heterocycles. The number of hydrogen-bond donors (Lipinski definition) is 1. The first kappa shape index (κ1) is 14.6. The zero-order chi connectivity index (χ0) is 14.7. The second-order valence-corrected chi connectivity index (χ2v) is 6.54. The number of carboxylic acid groups (broad SMARTS) is 1. The summed E-state index contributed by atoms with van der Waals surface area (Å²) in [6, 6.07) is 10.9. The standard InChI is InChI=1S/C18H25NO2/c20-18(21)16-9-5-2-6-10-17(16)19-12-11-15(13-19)14-7-3-1-4-8-14/h1,3-4,7-8,15-17H,2,5-6,9-13H2,(H,20,21). The summed E-state index contributed by atoms with van der Waals surface area (Å²) in [4.78, 5) is 14.1. The zero-order valence-electron chi connectivity index (χ0n) is 12.6. The van der Waals surface area contributed by atoms with Crippen LogP contribution in [0.3, 0.4) is 0 Å². The molecule has 2 fully saturated rings. The summed E-state index contributed by atoms with van der Waals surface area (Å²) in [5.74, 6) is -0.184. The number of aliphatic carboxylic acids is 1. The van der Waals surface area contributed by atoms with Crippen LogP contribution in [0, 0.1) is 5.92 Å². The van der Waals surface area contributed by atoms with Gasteiger partial charge in [0.25, 0.3) is 0 Å². The van der Waals surface area contributed by atoms with Crippen LogP contribution in [0.25, 0.3) is 0 Å². The Bertz CT molecular complexity index is 473. The lowest BCUT2D eigenvalue weighted by atomic mass is 9.93. The van der Waals surface area contributed by atoms with Gasteiger partial charge in [0.15, 0.2) is 0 Å². The molecule has 1 saturated heterocycles. The number of nitrogens with zero attached hydrogens (tertiary/aromatic N) is 1.